The van der Waals surface area contributed by atoms with E-state index in [9.17, 15) is 14.7 Å². The zero-order valence-corrected chi connectivity index (χ0v) is 10.6. The molecule has 5 heteroatoms. The minimum absolute atomic E-state index is 0.0824. The van der Waals surface area contributed by atoms with Crippen LogP contribution in [0.3, 0.4) is 0 Å². The number of aliphatic hydroxyl groups is 1. The van der Waals surface area contributed by atoms with E-state index in [1.807, 2.05) is 0 Å². The average molecular weight is 263 g/mol. The van der Waals surface area contributed by atoms with Crippen LogP contribution in [0.2, 0.25) is 0 Å². The number of hydrogen-bond acceptors (Lipinski definition) is 3. The average Bonchev–Trinajstić information content (AvgIpc) is 2.88. The Kier molecular flexibility index (Phi) is 3.85. The second kappa shape index (κ2) is 5.40. The number of carboxylic acid groups (broad SMARTS) is 1. The van der Waals surface area contributed by atoms with Crippen molar-refractivity contribution >= 4 is 11.9 Å². The van der Waals surface area contributed by atoms with Gasteiger partial charge in [0.1, 0.15) is 5.54 Å². The smallest absolute Gasteiger partial charge is 0.329 e. The van der Waals surface area contributed by atoms with Crippen LogP contribution in [0.25, 0.3) is 0 Å². The predicted molar refractivity (Wildman–Crippen MR) is 68.7 cm³/mol. The molecule has 102 valence electrons. The molecule has 0 unspecified atom stereocenters. The lowest BCUT2D eigenvalue weighted by Crippen LogP contribution is -2.52. The molecule has 1 fully saturated rings. The summed E-state index contributed by atoms with van der Waals surface area (Å²) in [7, 11) is 0. The second-order valence-corrected chi connectivity index (χ2v) is 4.90. The molecule has 1 aliphatic rings. The number of carboxylic acids is 1. The number of amides is 1. The van der Waals surface area contributed by atoms with Gasteiger partial charge in [0.15, 0.2) is 0 Å². The fourth-order valence-electron chi connectivity index (χ4n) is 2.42. The van der Waals surface area contributed by atoms with Gasteiger partial charge < -0.3 is 15.5 Å². The van der Waals surface area contributed by atoms with E-state index < -0.39 is 11.5 Å². The third kappa shape index (κ3) is 2.76. The molecule has 1 aromatic carbocycles. The van der Waals surface area contributed by atoms with E-state index >= 15 is 0 Å². The summed E-state index contributed by atoms with van der Waals surface area (Å²) in [6.45, 7) is -0.0824. The van der Waals surface area contributed by atoms with Crippen molar-refractivity contribution in [3.8, 4) is 0 Å². The van der Waals surface area contributed by atoms with Crippen LogP contribution in [-0.4, -0.2) is 27.6 Å². The van der Waals surface area contributed by atoms with Gasteiger partial charge in [0.2, 0.25) is 0 Å². The van der Waals surface area contributed by atoms with Crippen LogP contribution >= 0.6 is 0 Å². The van der Waals surface area contributed by atoms with Gasteiger partial charge in [-0.1, -0.05) is 25.0 Å². The summed E-state index contributed by atoms with van der Waals surface area (Å²) in [6.07, 6.45) is 2.58. The van der Waals surface area contributed by atoms with Crippen LogP contribution in [-0.2, 0) is 11.4 Å². The maximum absolute atomic E-state index is 12.1. The Labute approximate surface area is 111 Å². The molecule has 1 aliphatic carbocycles. The van der Waals surface area contributed by atoms with Gasteiger partial charge in [0.25, 0.3) is 5.91 Å². The molecule has 0 aromatic heterocycles. The number of carbonyl (C=O) groups excluding carboxylic acids is 1. The van der Waals surface area contributed by atoms with Gasteiger partial charge in [-0.05, 0) is 30.5 Å². The van der Waals surface area contributed by atoms with Gasteiger partial charge in [-0.15, -0.1) is 0 Å². The summed E-state index contributed by atoms with van der Waals surface area (Å²) in [6, 6.07) is 6.48. The van der Waals surface area contributed by atoms with Gasteiger partial charge in [-0.25, -0.2) is 4.79 Å². The quantitative estimate of drug-likeness (QED) is 0.764. The maximum Gasteiger partial charge on any atom is 0.329 e. The van der Waals surface area contributed by atoms with Crippen molar-refractivity contribution in [3.63, 3.8) is 0 Å². The molecule has 2 rings (SSSR count). The SMILES string of the molecule is O=C(NC1(C(=O)O)CCCC1)c1ccc(CO)cc1. The molecule has 19 heavy (non-hydrogen) atoms. The third-order valence-corrected chi connectivity index (χ3v) is 3.62. The fourth-order valence-corrected chi connectivity index (χ4v) is 2.42. The van der Waals surface area contributed by atoms with E-state index in [-0.39, 0.29) is 12.5 Å². The molecule has 0 heterocycles. The first-order chi connectivity index (χ1) is 9.07. The number of aliphatic carboxylic acids is 1. The van der Waals surface area contributed by atoms with Crippen LogP contribution in [0, 0.1) is 0 Å². The number of carbonyl (C=O) groups is 2. The summed E-state index contributed by atoms with van der Waals surface area (Å²) in [5.74, 6) is -1.35. The minimum Gasteiger partial charge on any atom is -0.480 e. The summed E-state index contributed by atoms with van der Waals surface area (Å²) in [4.78, 5) is 23.4. The summed E-state index contributed by atoms with van der Waals surface area (Å²) < 4.78 is 0. The lowest BCUT2D eigenvalue weighted by atomic mass is 9.97. The van der Waals surface area contributed by atoms with E-state index in [0.29, 0.717) is 24.0 Å². The van der Waals surface area contributed by atoms with Crippen LogP contribution in [0.4, 0.5) is 0 Å². The second-order valence-electron chi connectivity index (χ2n) is 4.90. The summed E-state index contributed by atoms with van der Waals surface area (Å²) in [5.41, 5.74) is 0.00213. The first kappa shape index (κ1) is 13.5. The van der Waals surface area contributed by atoms with E-state index in [0.717, 1.165) is 12.8 Å². The van der Waals surface area contributed by atoms with Crippen molar-refractivity contribution in [1.29, 1.82) is 0 Å². The first-order valence-corrected chi connectivity index (χ1v) is 6.33. The molecule has 1 saturated carbocycles. The first-order valence-electron chi connectivity index (χ1n) is 6.33. The maximum atomic E-state index is 12.1. The Morgan fingerprint density at radius 3 is 2.21 bits per heavy atom. The van der Waals surface area contributed by atoms with Crippen LogP contribution in [0.1, 0.15) is 41.6 Å². The standard InChI is InChI=1S/C14H17NO4/c16-9-10-3-5-11(6-4-10)12(17)15-14(13(18)19)7-1-2-8-14/h3-6,16H,1-2,7-9H2,(H,15,17)(H,18,19). The number of aliphatic hydroxyl groups excluding tert-OH is 1. The zero-order valence-electron chi connectivity index (χ0n) is 10.6. The molecular weight excluding hydrogens is 246 g/mol. The highest BCUT2D eigenvalue weighted by Crippen LogP contribution is 2.30. The number of hydrogen-bond donors (Lipinski definition) is 3. The molecule has 5 nitrogen and oxygen atoms in total. The molecular formula is C14H17NO4. The minimum atomic E-state index is -1.12. The third-order valence-electron chi connectivity index (χ3n) is 3.62. The van der Waals surface area contributed by atoms with Crippen LogP contribution in [0.5, 0.6) is 0 Å². The van der Waals surface area contributed by atoms with Crippen molar-refractivity contribution in [2.24, 2.45) is 0 Å². The van der Waals surface area contributed by atoms with Gasteiger partial charge in [0, 0.05) is 5.56 Å². The van der Waals surface area contributed by atoms with Crippen molar-refractivity contribution in [3.05, 3.63) is 35.4 Å². The number of rotatable bonds is 4. The normalized spacial score (nSPS) is 17.1. The highest BCUT2D eigenvalue weighted by atomic mass is 16.4. The van der Waals surface area contributed by atoms with E-state index in [1.165, 1.54) is 0 Å². The fraction of sp³-hybridized carbons (Fsp3) is 0.429. The molecule has 1 amide bonds. The van der Waals surface area contributed by atoms with Crippen molar-refractivity contribution in [1.82, 2.24) is 5.32 Å². The topological polar surface area (TPSA) is 86.6 Å². The summed E-state index contributed by atoms with van der Waals surface area (Å²) in [5, 5.41) is 20.9. The van der Waals surface area contributed by atoms with Gasteiger partial charge in [-0.2, -0.15) is 0 Å². The molecule has 0 spiro atoms. The molecule has 3 N–H and O–H groups in total. The monoisotopic (exact) mass is 263 g/mol. The molecule has 0 aliphatic heterocycles. The van der Waals surface area contributed by atoms with Crippen molar-refractivity contribution in [2.75, 3.05) is 0 Å². The Hall–Kier alpha value is -1.88. The largest absolute Gasteiger partial charge is 0.480 e. The Balaban J connectivity index is 2.13. The Morgan fingerprint density at radius 2 is 1.74 bits per heavy atom. The molecule has 0 saturated heterocycles. The molecule has 0 bridgehead atoms. The predicted octanol–water partition coefficient (Wildman–Crippen LogP) is 1.31. The highest BCUT2D eigenvalue weighted by Gasteiger charge is 2.42. The van der Waals surface area contributed by atoms with Crippen LogP contribution in [0.15, 0.2) is 24.3 Å². The van der Waals surface area contributed by atoms with Crippen molar-refractivity contribution < 1.29 is 19.8 Å². The van der Waals surface area contributed by atoms with E-state index in [2.05, 4.69) is 5.32 Å². The summed E-state index contributed by atoms with van der Waals surface area (Å²) >= 11 is 0. The highest BCUT2D eigenvalue weighted by molar-refractivity contribution is 5.98. The molecule has 0 radical (unpaired) electrons. The Morgan fingerprint density at radius 1 is 1.16 bits per heavy atom. The van der Waals surface area contributed by atoms with E-state index in [1.54, 1.807) is 24.3 Å². The van der Waals surface area contributed by atoms with Gasteiger partial charge >= 0.3 is 5.97 Å². The zero-order chi connectivity index (χ0) is 13.9. The number of nitrogens with one attached hydrogen (secondary N) is 1. The van der Waals surface area contributed by atoms with Crippen molar-refractivity contribution in [2.45, 2.75) is 37.8 Å². The molecule has 0 atom stereocenters. The van der Waals surface area contributed by atoms with Gasteiger partial charge in [0.05, 0.1) is 6.61 Å². The van der Waals surface area contributed by atoms with Gasteiger partial charge in [-0.3, -0.25) is 4.79 Å². The van der Waals surface area contributed by atoms with Crippen LogP contribution < -0.4 is 5.32 Å². The Bertz CT molecular complexity index is 475. The number of benzene rings is 1. The lowest BCUT2D eigenvalue weighted by molar-refractivity contribution is -0.144. The van der Waals surface area contributed by atoms with E-state index in [4.69, 9.17) is 5.11 Å². The molecule has 1 aromatic rings. The lowest BCUT2D eigenvalue weighted by Gasteiger charge is -2.25.